The molecule has 0 saturated carbocycles. The molecule has 0 unspecified atom stereocenters. The summed E-state index contributed by atoms with van der Waals surface area (Å²) in [6.45, 7) is 28.8. The van der Waals surface area contributed by atoms with E-state index in [-0.39, 0.29) is 34.5 Å². The summed E-state index contributed by atoms with van der Waals surface area (Å²) in [6, 6.07) is 0. The van der Waals surface area contributed by atoms with E-state index in [2.05, 4.69) is 90.2 Å². The predicted molar refractivity (Wildman–Crippen MR) is 134 cm³/mol. The first-order valence-electron chi connectivity index (χ1n) is 11.7. The summed E-state index contributed by atoms with van der Waals surface area (Å²) in [5, 5.41) is 4.45. The maximum Gasteiger partial charge on any atom is 0 e. The molecule has 0 aromatic rings. The van der Waals surface area contributed by atoms with Crippen LogP contribution < -0.4 is 0 Å². The van der Waals surface area contributed by atoms with E-state index in [1.54, 1.807) is 0 Å². The van der Waals surface area contributed by atoms with Gasteiger partial charge in [-0.25, -0.2) is 0 Å². The van der Waals surface area contributed by atoms with Crippen molar-refractivity contribution in [2.75, 3.05) is 13.2 Å². The van der Waals surface area contributed by atoms with E-state index < -0.39 is 8.32 Å². The van der Waals surface area contributed by atoms with Crippen LogP contribution in [0, 0.1) is 20.0 Å². The van der Waals surface area contributed by atoms with Gasteiger partial charge in [-0.1, -0.05) is 44.2 Å². The zero-order chi connectivity index (χ0) is 27.3. The van der Waals surface area contributed by atoms with Gasteiger partial charge in [0.1, 0.15) is 0 Å². The Morgan fingerprint density at radius 1 is 1.08 bits per heavy atom. The first-order chi connectivity index (χ1) is 16.7. The Kier molecular flexibility index (Phi) is 25.0. The van der Waals surface area contributed by atoms with Gasteiger partial charge in [0.15, 0.2) is 20.7 Å². The average Bonchev–Trinajstić information content (AvgIpc) is 3.29. The molecule has 0 bridgehead atoms. The van der Waals surface area contributed by atoms with Crippen molar-refractivity contribution in [3.63, 3.8) is 0 Å². The number of unbranched alkanes of at least 4 members (excludes halogenated alkanes) is 1. The van der Waals surface area contributed by atoms with Gasteiger partial charge in [0.2, 0.25) is 0 Å². The second-order valence-electron chi connectivity index (χ2n) is 9.67. The predicted octanol–water partition coefficient (Wildman–Crippen LogP) is 5.86. The van der Waals surface area contributed by atoms with Gasteiger partial charge in [-0.2, -0.15) is 0 Å². The number of nitrogens with zero attached hydrogens (tertiary/aromatic N) is 1. The minimum atomic E-state index is -1.65. The largest absolute Gasteiger partial charge is 0 e. The van der Waals surface area contributed by atoms with Crippen molar-refractivity contribution in [1.29, 1.82) is 0 Å². The molecule has 2 atom stereocenters. The van der Waals surface area contributed by atoms with Gasteiger partial charge >= 0.3 is 33.9 Å². The standard InChI is InChI=1S/C23H41NO4Si.3CO.Fe/c1-19(28-29(5,6)23(2,3)4)13-10-8-7-9-11-14-21-17-20(24-27-21)18-22-25-15-12-16-26-22;3*1-2;/h7,9,11,14,19,21-22H,8,10,12-13,15-18H2,1-6H3;;;;/b9-7+,14-11+;;;;/t19-,21+;;;;/m1..../s1. The van der Waals surface area contributed by atoms with Crippen LogP contribution in [-0.2, 0) is 49.8 Å². The van der Waals surface area contributed by atoms with Crippen molar-refractivity contribution < 1.29 is 49.8 Å². The molecule has 10 heteroatoms. The topological polar surface area (TPSA) is 109 Å². The van der Waals surface area contributed by atoms with Crippen LogP contribution in [-0.4, -0.2) is 45.7 Å². The molecular weight excluding hydrogens is 522 g/mol. The molecule has 0 spiro atoms. The van der Waals surface area contributed by atoms with Crippen molar-refractivity contribution >= 4 is 14.0 Å². The van der Waals surface area contributed by atoms with E-state index in [4.69, 9.17) is 32.7 Å². The van der Waals surface area contributed by atoms with E-state index in [1.807, 2.05) is 0 Å². The first-order valence-corrected chi connectivity index (χ1v) is 14.7. The summed E-state index contributed by atoms with van der Waals surface area (Å²) in [7, 11) is -1.65. The van der Waals surface area contributed by atoms with Crippen molar-refractivity contribution in [2.45, 2.75) is 103 Å². The Bertz CT molecular complexity index is 691. The Hall–Kier alpha value is -1.21. The normalized spacial score (nSPS) is 18.7. The molecule has 8 nitrogen and oxygen atoms in total. The maximum atomic E-state index is 7.50. The molecular formula is C26H41FeNO7Si. The summed E-state index contributed by atoms with van der Waals surface area (Å²) in [5.74, 6) is 0. The molecule has 0 radical (unpaired) electrons. The van der Waals surface area contributed by atoms with Crippen LogP contribution in [0.25, 0.3) is 0 Å². The molecule has 204 valence electrons. The fourth-order valence-corrected chi connectivity index (χ4v) is 4.62. The maximum absolute atomic E-state index is 7.50. The molecule has 2 heterocycles. The van der Waals surface area contributed by atoms with Gasteiger partial charge in [0.25, 0.3) is 0 Å². The van der Waals surface area contributed by atoms with E-state index >= 15 is 0 Å². The van der Waals surface area contributed by atoms with Crippen LogP contribution in [0.3, 0.4) is 0 Å². The van der Waals surface area contributed by atoms with E-state index in [9.17, 15) is 0 Å². The second kappa shape index (κ2) is 22.9. The van der Waals surface area contributed by atoms with Crippen LogP contribution in [0.4, 0.5) is 0 Å². The number of oxime groups is 1. The van der Waals surface area contributed by atoms with E-state index in [0.29, 0.717) is 12.5 Å². The summed E-state index contributed by atoms with van der Waals surface area (Å²) >= 11 is 0. The molecule has 0 aliphatic carbocycles. The minimum absolute atomic E-state index is 0. The van der Waals surface area contributed by atoms with Crippen LogP contribution >= 0.6 is 0 Å². The number of hydrogen-bond acceptors (Lipinski definition) is 5. The minimum Gasteiger partial charge on any atom is 0 e. The SMILES string of the molecule is C[C@H](CCC/C=C/C=C/[C@H]1CC(CC2OCCCO2)=NO1)O[Si](C)(C)C(C)(C)C.[C-]#[O+].[C-]#[O+].[C-]#[O+].[Fe]. The molecule has 0 N–H and O–H groups in total. The van der Waals surface area contributed by atoms with Crippen LogP contribution in [0.15, 0.2) is 29.5 Å². The molecule has 2 aliphatic heterocycles. The van der Waals surface area contributed by atoms with Crippen molar-refractivity contribution in [3.8, 4) is 0 Å². The average molecular weight is 564 g/mol. The molecule has 0 aromatic heterocycles. The van der Waals surface area contributed by atoms with Crippen LogP contribution in [0.2, 0.25) is 18.1 Å². The summed E-state index contributed by atoms with van der Waals surface area (Å²) in [6.07, 6.45) is 14.5. The zero-order valence-corrected chi connectivity index (χ0v) is 24.5. The van der Waals surface area contributed by atoms with E-state index in [0.717, 1.165) is 51.0 Å². The molecule has 1 saturated heterocycles. The molecule has 1 fully saturated rings. The third-order valence-corrected chi connectivity index (χ3v) is 10.5. The van der Waals surface area contributed by atoms with Crippen molar-refractivity contribution in [3.05, 3.63) is 44.3 Å². The van der Waals surface area contributed by atoms with Gasteiger partial charge in [-0.15, -0.1) is 0 Å². The van der Waals surface area contributed by atoms with Crippen LogP contribution in [0.1, 0.15) is 66.2 Å². The summed E-state index contributed by atoms with van der Waals surface area (Å²) in [5.41, 5.74) is 1.02. The Labute approximate surface area is 229 Å². The Morgan fingerprint density at radius 3 is 2.22 bits per heavy atom. The quantitative estimate of drug-likeness (QED) is 0.109. The zero-order valence-electron chi connectivity index (χ0n) is 22.4. The van der Waals surface area contributed by atoms with Crippen LogP contribution in [0.5, 0.6) is 0 Å². The summed E-state index contributed by atoms with van der Waals surface area (Å²) < 4.78 is 40.1. The van der Waals surface area contributed by atoms with Gasteiger partial charge in [-0.05, 0) is 56.8 Å². The molecule has 36 heavy (non-hydrogen) atoms. The Balaban J connectivity index is -0.00000144. The molecule has 2 rings (SSSR count). The number of hydrogen-bond donors (Lipinski definition) is 0. The van der Waals surface area contributed by atoms with Gasteiger partial charge in [-0.3, -0.25) is 0 Å². The number of ether oxygens (including phenoxy) is 2. The molecule has 0 amide bonds. The van der Waals surface area contributed by atoms with Crippen molar-refractivity contribution in [1.82, 2.24) is 0 Å². The van der Waals surface area contributed by atoms with Crippen molar-refractivity contribution in [2.24, 2.45) is 5.16 Å². The van der Waals surface area contributed by atoms with Gasteiger partial charge in [0.05, 0.1) is 18.9 Å². The molecule has 2 aliphatic rings. The Morgan fingerprint density at radius 2 is 1.67 bits per heavy atom. The second-order valence-corrected chi connectivity index (χ2v) is 14.4. The fraction of sp³-hybridized carbons (Fsp3) is 0.692. The number of rotatable bonds is 10. The monoisotopic (exact) mass is 563 g/mol. The van der Waals surface area contributed by atoms with Gasteiger partial charge in [0, 0.05) is 36.0 Å². The smallest absolute Gasteiger partial charge is 0 e. The van der Waals surface area contributed by atoms with E-state index in [1.165, 1.54) is 0 Å². The fourth-order valence-electron chi connectivity index (χ4n) is 3.14. The number of allylic oxidation sites excluding steroid dienone is 3. The third kappa shape index (κ3) is 17.3. The first kappa shape index (κ1) is 39.3. The van der Waals surface area contributed by atoms with Gasteiger partial charge < -0.3 is 18.7 Å². The molecule has 0 aromatic carbocycles. The summed E-state index contributed by atoms with van der Waals surface area (Å²) in [4.78, 5) is 5.48. The third-order valence-electron chi connectivity index (χ3n) is 5.91.